The highest BCUT2D eigenvalue weighted by molar-refractivity contribution is 5.16. The van der Waals surface area contributed by atoms with Crippen LogP contribution in [0.4, 0.5) is 0 Å². The maximum absolute atomic E-state index is 10.1. The Labute approximate surface area is 85.0 Å². The van der Waals surface area contributed by atoms with E-state index in [9.17, 15) is 5.11 Å². The minimum atomic E-state index is -0.546. The summed E-state index contributed by atoms with van der Waals surface area (Å²) in [5.74, 6) is 0.338. The van der Waals surface area contributed by atoms with Gasteiger partial charge in [0, 0.05) is 19.0 Å². The lowest BCUT2D eigenvalue weighted by Gasteiger charge is -2.24. The third-order valence-corrected chi connectivity index (χ3v) is 3.08. The van der Waals surface area contributed by atoms with E-state index in [0.717, 1.165) is 13.0 Å². The molecule has 14 heavy (non-hydrogen) atoms. The van der Waals surface area contributed by atoms with Crippen LogP contribution in [0.15, 0.2) is 30.3 Å². The smallest absolute Gasteiger partial charge is 0.0786 e. The fourth-order valence-electron chi connectivity index (χ4n) is 2.05. The molecule has 0 aliphatic carbocycles. The van der Waals surface area contributed by atoms with Gasteiger partial charge in [0.1, 0.15) is 0 Å². The average Bonchev–Trinajstić information content (AvgIpc) is 2.48. The zero-order valence-corrected chi connectivity index (χ0v) is 8.53. The Kier molecular flexibility index (Phi) is 2.57. The Balaban J connectivity index is 2.05. The Hall–Kier alpha value is -0.860. The highest BCUT2D eigenvalue weighted by Crippen LogP contribution is 2.24. The largest absolute Gasteiger partial charge is 0.389 e. The number of rotatable bonds is 2. The van der Waals surface area contributed by atoms with E-state index in [1.165, 1.54) is 5.56 Å². The van der Waals surface area contributed by atoms with E-state index >= 15 is 0 Å². The van der Waals surface area contributed by atoms with Gasteiger partial charge in [0.2, 0.25) is 0 Å². The summed E-state index contributed by atoms with van der Waals surface area (Å²) in [4.78, 5) is 0. The molecule has 1 heterocycles. The molecular formula is C12H17NO. The van der Waals surface area contributed by atoms with Crippen LogP contribution in [-0.2, 0) is 6.42 Å². The molecule has 1 saturated heterocycles. The monoisotopic (exact) mass is 191 g/mol. The third kappa shape index (κ3) is 1.97. The SMILES string of the molecule is CC1(O)CNCC1Cc1ccccc1. The third-order valence-electron chi connectivity index (χ3n) is 3.08. The van der Waals surface area contributed by atoms with Gasteiger partial charge in [-0.15, -0.1) is 0 Å². The molecule has 1 aliphatic heterocycles. The lowest BCUT2D eigenvalue weighted by atomic mass is 9.87. The second-order valence-electron chi connectivity index (χ2n) is 4.37. The minimum Gasteiger partial charge on any atom is -0.389 e. The molecule has 2 unspecified atom stereocenters. The second kappa shape index (κ2) is 3.71. The van der Waals surface area contributed by atoms with Crippen molar-refractivity contribution in [2.75, 3.05) is 13.1 Å². The summed E-state index contributed by atoms with van der Waals surface area (Å²) in [6.07, 6.45) is 0.959. The van der Waals surface area contributed by atoms with Crippen LogP contribution in [0.25, 0.3) is 0 Å². The van der Waals surface area contributed by atoms with Gasteiger partial charge in [-0.3, -0.25) is 0 Å². The topological polar surface area (TPSA) is 32.3 Å². The lowest BCUT2D eigenvalue weighted by molar-refractivity contribution is 0.0363. The van der Waals surface area contributed by atoms with Crippen molar-refractivity contribution in [2.45, 2.75) is 18.9 Å². The van der Waals surface area contributed by atoms with Crippen molar-refractivity contribution >= 4 is 0 Å². The molecular weight excluding hydrogens is 174 g/mol. The Morgan fingerprint density at radius 2 is 2.14 bits per heavy atom. The van der Waals surface area contributed by atoms with Crippen LogP contribution in [-0.4, -0.2) is 23.8 Å². The van der Waals surface area contributed by atoms with Gasteiger partial charge < -0.3 is 10.4 Å². The molecule has 0 bridgehead atoms. The Morgan fingerprint density at radius 3 is 2.71 bits per heavy atom. The predicted molar refractivity (Wildman–Crippen MR) is 57.1 cm³/mol. The quantitative estimate of drug-likeness (QED) is 0.736. The van der Waals surface area contributed by atoms with E-state index in [2.05, 4.69) is 17.4 Å². The molecule has 1 aromatic rings. The Morgan fingerprint density at radius 1 is 1.43 bits per heavy atom. The Bertz CT molecular complexity index is 294. The van der Waals surface area contributed by atoms with Gasteiger partial charge in [-0.05, 0) is 18.9 Å². The molecule has 2 atom stereocenters. The summed E-state index contributed by atoms with van der Waals surface area (Å²) < 4.78 is 0. The van der Waals surface area contributed by atoms with Crippen molar-refractivity contribution in [2.24, 2.45) is 5.92 Å². The molecule has 76 valence electrons. The fraction of sp³-hybridized carbons (Fsp3) is 0.500. The number of β-amino-alcohol motifs (C(OH)–C–C–N with tert-alkyl or cyclic N) is 1. The van der Waals surface area contributed by atoms with Crippen molar-refractivity contribution in [3.05, 3.63) is 35.9 Å². The van der Waals surface area contributed by atoms with Crippen molar-refractivity contribution in [1.29, 1.82) is 0 Å². The second-order valence-corrected chi connectivity index (χ2v) is 4.37. The van der Waals surface area contributed by atoms with E-state index in [-0.39, 0.29) is 0 Å². The van der Waals surface area contributed by atoms with E-state index < -0.39 is 5.60 Å². The van der Waals surface area contributed by atoms with Crippen LogP contribution in [0.1, 0.15) is 12.5 Å². The van der Waals surface area contributed by atoms with Gasteiger partial charge in [-0.25, -0.2) is 0 Å². The predicted octanol–water partition coefficient (Wildman–Crippen LogP) is 1.20. The van der Waals surface area contributed by atoms with Crippen LogP contribution in [0, 0.1) is 5.92 Å². The number of hydrogen-bond acceptors (Lipinski definition) is 2. The summed E-state index contributed by atoms with van der Waals surface area (Å²) in [6, 6.07) is 10.4. The zero-order valence-electron chi connectivity index (χ0n) is 8.53. The van der Waals surface area contributed by atoms with Crippen molar-refractivity contribution < 1.29 is 5.11 Å². The van der Waals surface area contributed by atoms with Crippen LogP contribution in [0.2, 0.25) is 0 Å². The summed E-state index contributed by atoms with van der Waals surface area (Å²) in [7, 11) is 0. The summed E-state index contributed by atoms with van der Waals surface area (Å²) in [5.41, 5.74) is 0.761. The molecule has 0 saturated carbocycles. The molecule has 2 N–H and O–H groups in total. The van der Waals surface area contributed by atoms with Crippen LogP contribution < -0.4 is 5.32 Å². The fourth-order valence-corrected chi connectivity index (χ4v) is 2.05. The van der Waals surface area contributed by atoms with Gasteiger partial charge >= 0.3 is 0 Å². The molecule has 2 heteroatoms. The normalized spacial score (nSPS) is 32.0. The standard InChI is InChI=1S/C12H17NO/c1-12(14)9-13-8-11(12)7-10-5-3-2-4-6-10/h2-6,11,13-14H,7-9H2,1H3. The van der Waals surface area contributed by atoms with E-state index in [0.29, 0.717) is 12.5 Å². The summed E-state index contributed by atoms with van der Waals surface area (Å²) in [5, 5.41) is 13.3. The lowest BCUT2D eigenvalue weighted by Crippen LogP contribution is -2.34. The summed E-state index contributed by atoms with van der Waals surface area (Å²) >= 11 is 0. The first-order chi connectivity index (χ1) is 6.68. The maximum Gasteiger partial charge on any atom is 0.0786 e. The maximum atomic E-state index is 10.1. The average molecular weight is 191 g/mol. The first-order valence-corrected chi connectivity index (χ1v) is 5.15. The van der Waals surface area contributed by atoms with E-state index in [4.69, 9.17) is 0 Å². The molecule has 2 nitrogen and oxygen atoms in total. The molecule has 0 spiro atoms. The van der Waals surface area contributed by atoms with Crippen LogP contribution >= 0.6 is 0 Å². The minimum absolute atomic E-state index is 0.338. The van der Waals surface area contributed by atoms with Gasteiger partial charge in [-0.2, -0.15) is 0 Å². The first-order valence-electron chi connectivity index (χ1n) is 5.15. The van der Waals surface area contributed by atoms with Crippen molar-refractivity contribution in [1.82, 2.24) is 5.32 Å². The van der Waals surface area contributed by atoms with Crippen LogP contribution in [0.5, 0.6) is 0 Å². The molecule has 1 aliphatic rings. The van der Waals surface area contributed by atoms with Gasteiger partial charge in [0.15, 0.2) is 0 Å². The van der Waals surface area contributed by atoms with E-state index in [1.54, 1.807) is 0 Å². The van der Waals surface area contributed by atoms with Crippen LogP contribution in [0.3, 0.4) is 0 Å². The number of aliphatic hydroxyl groups is 1. The number of benzene rings is 1. The van der Waals surface area contributed by atoms with E-state index in [1.807, 2.05) is 25.1 Å². The molecule has 0 amide bonds. The zero-order chi connectivity index (χ0) is 10.0. The highest BCUT2D eigenvalue weighted by Gasteiger charge is 2.36. The number of nitrogens with one attached hydrogen (secondary N) is 1. The van der Waals surface area contributed by atoms with Gasteiger partial charge in [0.05, 0.1) is 5.60 Å². The van der Waals surface area contributed by atoms with Gasteiger partial charge in [-0.1, -0.05) is 30.3 Å². The molecule has 1 aromatic carbocycles. The van der Waals surface area contributed by atoms with Crippen molar-refractivity contribution in [3.8, 4) is 0 Å². The first kappa shape index (κ1) is 9.69. The molecule has 0 radical (unpaired) electrons. The van der Waals surface area contributed by atoms with Crippen molar-refractivity contribution in [3.63, 3.8) is 0 Å². The summed E-state index contributed by atoms with van der Waals surface area (Å²) in [6.45, 7) is 3.55. The molecule has 0 aromatic heterocycles. The number of hydrogen-bond donors (Lipinski definition) is 2. The molecule has 2 rings (SSSR count). The molecule has 1 fully saturated rings. The van der Waals surface area contributed by atoms with Gasteiger partial charge in [0.25, 0.3) is 0 Å². The highest BCUT2D eigenvalue weighted by atomic mass is 16.3.